The fourth-order valence-electron chi connectivity index (χ4n) is 6.16. The molecule has 0 aromatic rings. The fraction of sp³-hybridized carbons (Fsp3) is 0.857. The fourth-order valence-corrected chi connectivity index (χ4v) is 6.16. The lowest BCUT2D eigenvalue weighted by Gasteiger charge is -2.18. The monoisotopic (exact) mass is 647 g/mol. The van der Waals surface area contributed by atoms with Crippen molar-refractivity contribution in [2.75, 3.05) is 0 Å². The summed E-state index contributed by atoms with van der Waals surface area (Å²) in [6, 6.07) is 0. The summed E-state index contributed by atoms with van der Waals surface area (Å²) in [6.07, 6.45) is 47.6. The van der Waals surface area contributed by atoms with Crippen LogP contribution in [0.1, 0.15) is 226 Å². The highest BCUT2D eigenvalue weighted by Gasteiger charge is 2.14. The third-order valence-corrected chi connectivity index (χ3v) is 9.18. The van der Waals surface area contributed by atoms with Crippen molar-refractivity contribution in [1.29, 1.82) is 0 Å². The van der Waals surface area contributed by atoms with E-state index < -0.39 is 5.97 Å². The van der Waals surface area contributed by atoms with Gasteiger partial charge in [0.05, 0.1) is 0 Å². The molecule has 0 aliphatic carbocycles. The standard InChI is InChI=1S/C42H78O4/c1-3-5-7-9-11-13-15-17-19-21-22-24-26-28-30-32-36-40(37-34-35-38-41(43)44)46-42(45)39-33-31-29-27-25-23-20-18-16-14-12-10-8-6-4-2/h12,14,18,20,40H,3-11,13,15-17,19,21-39H2,1-2H3,(H,43,44)/b14-12-,20-18-. The highest BCUT2D eigenvalue weighted by Crippen LogP contribution is 2.18. The summed E-state index contributed by atoms with van der Waals surface area (Å²) in [6.45, 7) is 4.53. The van der Waals surface area contributed by atoms with Gasteiger partial charge in [0.15, 0.2) is 0 Å². The first-order valence-corrected chi connectivity index (χ1v) is 20.3. The lowest BCUT2D eigenvalue weighted by molar-refractivity contribution is -0.150. The van der Waals surface area contributed by atoms with Gasteiger partial charge in [-0.3, -0.25) is 9.59 Å². The van der Waals surface area contributed by atoms with Crippen molar-refractivity contribution < 1.29 is 19.4 Å². The van der Waals surface area contributed by atoms with Gasteiger partial charge in [0, 0.05) is 12.8 Å². The molecule has 0 spiro atoms. The third kappa shape index (κ3) is 36.9. The van der Waals surface area contributed by atoms with E-state index in [-0.39, 0.29) is 18.5 Å². The second kappa shape index (κ2) is 37.9. The summed E-state index contributed by atoms with van der Waals surface area (Å²) in [5, 5.41) is 8.96. The van der Waals surface area contributed by atoms with Gasteiger partial charge in [0.2, 0.25) is 0 Å². The number of carboxylic acids is 1. The molecule has 0 saturated heterocycles. The number of carboxylic acid groups (broad SMARTS) is 1. The zero-order chi connectivity index (χ0) is 33.6. The summed E-state index contributed by atoms with van der Waals surface area (Å²) in [7, 11) is 0. The van der Waals surface area contributed by atoms with Crippen LogP contribution in [-0.4, -0.2) is 23.1 Å². The van der Waals surface area contributed by atoms with Gasteiger partial charge in [0.25, 0.3) is 0 Å². The minimum Gasteiger partial charge on any atom is -0.481 e. The molecule has 46 heavy (non-hydrogen) atoms. The van der Waals surface area contributed by atoms with Gasteiger partial charge >= 0.3 is 11.9 Å². The van der Waals surface area contributed by atoms with Gasteiger partial charge in [-0.05, 0) is 70.6 Å². The first-order valence-electron chi connectivity index (χ1n) is 20.3. The normalized spacial score (nSPS) is 12.4. The van der Waals surface area contributed by atoms with Crippen LogP contribution in [0.5, 0.6) is 0 Å². The Bertz CT molecular complexity index is 698. The molecule has 1 unspecified atom stereocenters. The molecule has 0 saturated carbocycles. The number of aliphatic carboxylic acids is 1. The van der Waals surface area contributed by atoms with Crippen LogP contribution in [0.25, 0.3) is 0 Å². The Labute approximate surface area is 287 Å². The highest BCUT2D eigenvalue weighted by atomic mass is 16.5. The Hall–Kier alpha value is -1.58. The first-order chi connectivity index (χ1) is 22.6. The number of rotatable bonds is 37. The van der Waals surface area contributed by atoms with Crippen molar-refractivity contribution in [1.82, 2.24) is 0 Å². The molecule has 0 aromatic carbocycles. The SMILES string of the molecule is CCCCC/C=C\C/C=C\CCCCCCCC(=O)OC(CCCCCCCCCCCCCCCCCC)CCCCC(=O)O. The topological polar surface area (TPSA) is 63.6 Å². The number of carbonyl (C=O) groups excluding carboxylic acids is 1. The molecule has 0 aliphatic rings. The van der Waals surface area contributed by atoms with E-state index in [2.05, 4.69) is 38.2 Å². The van der Waals surface area contributed by atoms with Gasteiger partial charge in [-0.15, -0.1) is 0 Å². The summed E-state index contributed by atoms with van der Waals surface area (Å²) < 4.78 is 5.90. The summed E-state index contributed by atoms with van der Waals surface area (Å²) in [4.78, 5) is 23.5. The lowest BCUT2D eigenvalue weighted by Crippen LogP contribution is -2.18. The van der Waals surface area contributed by atoms with Crippen molar-refractivity contribution in [3.05, 3.63) is 24.3 Å². The Kier molecular flexibility index (Phi) is 36.6. The predicted molar refractivity (Wildman–Crippen MR) is 200 cm³/mol. The Morgan fingerprint density at radius 1 is 0.478 bits per heavy atom. The minimum atomic E-state index is -0.743. The zero-order valence-electron chi connectivity index (χ0n) is 30.9. The first kappa shape index (κ1) is 44.4. The summed E-state index contributed by atoms with van der Waals surface area (Å²) >= 11 is 0. The minimum absolute atomic E-state index is 0.0501. The van der Waals surface area contributed by atoms with Gasteiger partial charge in [-0.2, -0.15) is 0 Å². The van der Waals surface area contributed by atoms with Crippen LogP contribution >= 0.6 is 0 Å². The molecule has 0 bridgehead atoms. The molecule has 1 N–H and O–H groups in total. The number of unbranched alkanes of at least 4 members (excludes halogenated alkanes) is 24. The number of allylic oxidation sites excluding steroid dienone is 4. The molecular formula is C42H78O4. The molecular weight excluding hydrogens is 568 g/mol. The highest BCUT2D eigenvalue weighted by molar-refractivity contribution is 5.69. The molecule has 0 aliphatic heterocycles. The van der Waals surface area contributed by atoms with Gasteiger partial charge in [-0.1, -0.05) is 167 Å². The van der Waals surface area contributed by atoms with Crippen LogP contribution in [-0.2, 0) is 14.3 Å². The van der Waals surface area contributed by atoms with Crippen molar-refractivity contribution in [2.45, 2.75) is 232 Å². The van der Waals surface area contributed by atoms with E-state index in [1.165, 1.54) is 141 Å². The molecule has 0 aromatic heterocycles. The van der Waals surface area contributed by atoms with Crippen LogP contribution in [0.4, 0.5) is 0 Å². The molecule has 0 fully saturated rings. The molecule has 0 heterocycles. The van der Waals surface area contributed by atoms with Crippen molar-refractivity contribution in [2.24, 2.45) is 0 Å². The van der Waals surface area contributed by atoms with Gasteiger partial charge < -0.3 is 9.84 Å². The van der Waals surface area contributed by atoms with E-state index in [0.29, 0.717) is 12.8 Å². The molecule has 0 rings (SSSR count). The smallest absolute Gasteiger partial charge is 0.306 e. The van der Waals surface area contributed by atoms with Crippen LogP contribution in [0, 0.1) is 0 Å². The zero-order valence-corrected chi connectivity index (χ0v) is 30.9. The number of hydrogen-bond donors (Lipinski definition) is 1. The van der Waals surface area contributed by atoms with Crippen LogP contribution in [0.2, 0.25) is 0 Å². The van der Waals surface area contributed by atoms with E-state index in [9.17, 15) is 9.59 Å². The molecule has 0 amide bonds. The van der Waals surface area contributed by atoms with E-state index in [1.54, 1.807) is 0 Å². The second-order valence-electron chi connectivity index (χ2n) is 13.8. The Morgan fingerprint density at radius 3 is 1.35 bits per heavy atom. The van der Waals surface area contributed by atoms with Gasteiger partial charge in [0.1, 0.15) is 6.10 Å². The van der Waals surface area contributed by atoms with Gasteiger partial charge in [-0.25, -0.2) is 0 Å². The quantitative estimate of drug-likeness (QED) is 0.0414. The Morgan fingerprint density at radius 2 is 0.848 bits per heavy atom. The van der Waals surface area contributed by atoms with E-state index >= 15 is 0 Å². The molecule has 4 heteroatoms. The van der Waals surface area contributed by atoms with Crippen molar-refractivity contribution in [3.63, 3.8) is 0 Å². The third-order valence-electron chi connectivity index (χ3n) is 9.18. The number of esters is 1. The largest absolute Gasteiger partial charge is 0.481 e. The van der Waals surface area contributed by atoms with Crippen molar-refractivity contribution in [3.8, 4) is 0 Å². The number of carbonyl (C=O) groups is 2. The molecule has 1 atom stereocenters. The molecule has 4 nitrogen and oxygen atoms in total. The van der Waals surface area contributed by atoms with E-state index in [1.807, 2.05) is 0 Å². The van der Waals surface area contributed by atoms with Crippen molar-refractivity contribution >= 4 is 11.9 Å². The van der Waals surface area contributed by atoms with Crippen LogP contribution in [0.15, 0.2) is 24.3 Å². The maximum absolute atomic E-state index is 12.6. The average molecular weight is 647 g/mol. The Balaban J connectivity index is 3.89. The second-order valence-corrected chi connectivity index (χ2v) is 13.8. The maximum Gasteiger partial charge on any atom is 0.306 e. The van der Waals surface area contributed by atoms with Crippen LogP contribution in [0.3, 0.4) is 0 Å². The molecule has 0 radical (unpaired) electrons. The summed E-state index contributed by atoms with van der Waals surface area (Å²) in [5.41, 5.74) is 0. The number of ether oxygens (including phenoxy) is 1. The average Bonchev–Trinajstić information content (AvgIpc) is 3.04. The van der Waals surface area contributed by atoms with E-state index in [4.69, 9.17) is 9.84 Å². The molecule has 270 valence electrons. The predicted octanol–water partition coefficient (Wildman–Crippen LogP) is 14.0. The summed E-state index contributed by atoms with van der Waals surface area (Å²) in [5.74, 6) is -0.807. The van der Waals surface area contributed by atoms with Crippen LogP contribution < -0.4 is 0 Å². The number of hydrogen-bond acceptors (Lipinski definition) is 3. The maximum atomic E-state index is 12.6. The van der Waals surface area contributed by atoms with E-state index in [0.717, 1.165) is 51.4 Å². The lowest BCUT2D eigenvalue weighted by atomic mass is 10.0.